The van der Waals surface area contributed by atoms with E-state index in [9.17, 15) is 35.4 Å². The highest BCUT2D eigenvalue weighted by atomic mass is 16.7. The predicted octanol–water partition coefficient (Wildman–Crippen LogP) is 1.75. The van der Waals surface area contributed by atoms with E-state index in [1.165, 1.54) is 6.08 Å². The number of aliphatic hydroxyl groups excluding tert-OH is 4. The van der Waals surface area contributed by atoms with Crippen LogP contribution in [0.25, 0.3) is 4.98 Å². The summed E-state index contributed by atoms with van der Waals surface area (Å²) in [6.07, 6.45) is -1.73. The maximum atomic E-state index is 12.5. The first kappa shape index (κ1) is 33.8. The molecule has 0 aromatic heterocycles. The molecule has 0 radical (unpaired) electrons. The van der Waals surface area contributed by atoms with Crippen molar-refractivity contribution >= 4 is 17.3 Å². The molecule has 2 unspecified atom stereocenters. The van der Waals surface area contributed by atoms with Crippen molar-refractivity contribution < 1.29 is 49.6 Å². The Kier molecular flexibility index (Phi) is 8.44. The van der Waals surface area contributed by atoms with Crippen molar-refractivity contribution in [3.8, 4) is 0 Å². The Hall–Kier alpha value is -2.67. The van der Waals surface area contributed by atoms with E-state index in [2.05, 4.69) is 4.98 Å². The molecule has 48 heavy (non-hydrogen) atoms. The molecule has 0 spiro atoms. The second-order valence-electron chi connectivity index (χ2n) is 15.5. The van der Waals surface area contributed by atoms with Crippen LogP contribution in [0.1, 0.15) is 58.8 Å². The standard InChI is InChI=1S/C35H48N3O10/c1-19-27(41)15-38(22-5-3-21(37-36)4-6-22)16-30(47-19)48-23-12-28(42)34(18-39)31-25(7-9-33(34,44)13-23)35(45)10-8-24(20-11-29(43)46-17-20)32(35,2)14-26(31)40/h3-6,11,19,23-28,30-31,39-42,44-45H,7-10,12-18H2,1-2H3/q+1/t19-,23?,24?,25+,26+,27+,28+,30-,31+,32+,33-,34+,35-/m0/s1. The van der Waals surface area contributed by atoms with Gasteiger partial charge in [-0.05, 0) is 68.6 Å². The second-order valence-corrected chi connectivity index (χ2v) is 15.5. The zero-order valence-corrected chi connectivity index (χ0v) is 27.5. The Morgan fingerprint density at radius 3 is 2.48 bits per heavy atom. The van der Waals surface area contributed by atoms with Crippen LogP contribution in [0.15, 0.2) is 35.9 Å². The van der Waals surface area contributed by atoms with Gasteiger partial charge >= 0.3 is 11.7 Å². The maximum Gasteiger partial charge on any atom is 0.385 e. The molecule has 2 aliphatic heterocycles. The smallest absolute Gasteiger partial charge is 0.385 e. The molecule has 13 nitrogen and oxygen atoms in total. The summed E-state index contributed by atoms with van der Waals surface area (Å²) in [6, 6.07) is 6.84. The lowest BCUT2D eigenvalue weighted by atomic mass is 9.40. The summed E-state index contributed by atoms with van der Waals surface area (Å²) in [7, 11) is 0. The van der Waals surface area contributed by atoms with Crippen molar-refractivity contribution in [3.63, 3.8) is 0 Å². The molecular weight excluding hydrogens is 622 g/mol. The highest BCUT2D eigenvalue weighted by Gasteiger charge is 2.75. The number of nitrogens with zero attached hydrogens (tertiary/aromatic N) is 3. The minimum atomic E-state index is -1.61. The van der Waals surface area contributed by atoms with Crippen LogP contribution in [-0.2, 0) is 19.0 Å². The summed E-state index contributed by atoms with van der Waals surface area (Å²) >= 11 is 0. The first-order chi connectivity index (χ1) is 22.8. The summed E-state index contributed by atoms with van der Waals surface area (Å²) in [5.74, 6) is -1.84. The molecule has 4 aliphatic carbocycles. The van der Waals surface area contributed by atoms with Gasteiger partial charge in [0.25, 0.3) is 0 Å². The van der Waals surface area contributed by atoms with E-state index in [1.54, 1.807) is 31.2 Å². The molecule has 6 aliphatic rings. The van der Waals surface area contributed by atoms with Crippen molar-refractivity contribution in [2.75, 3.05) is 31.2 Å². The number of hydrogen-bond donors (Lipinski definition) is 6. The number of diazo groups is 1. The number of anilines is 1. The molecule has 4 saturated carbocycles. The number of esters is 1. The zero-order valence-electron chi connectivity index (χ0n) is 27.5. The number of fused-ring (bicyclic) bond motifs is 5. The van der Waals surface area contributed by atoms with E-state index >= 15 is 0 Å². The first-order valence-corrected chi connectivity index (χ1v) is 17.3. The summed E-state index contributed by atoms with van der Waals surface area (Å²) in [5.41, 5.74) is -3.14. The number of benzene rings is 1. The quantitative estimate of drug-likeness (QED) is 0.196. The highest BCUT2D eigenvalue weighted by Crippen LogP contribution is 2.70. The molecule has 2 heterocycles. The van der Waals surface area contributed by atoms with Gasteiger partial charge in [-0.25, -0.2) is 4.79 Å². The van der Waals surface area contributed by atoms with Gasteiger partial charge in [-0.2, -0.15) is 0 Å². The van der Waals surface area contributed by atoms with Gasteiger partial charge in [-0.15, -0.1) is 0 Å². The van der Waals surface area contributed by atoms with Gasteiger partial charge in [0.2, 0.25) is 5.39 Å². The van der Waals surface area contributed by atoms with Crippen molar-refractivity contribution in [3.05, 3.63) is 40.9 Å². The molecular formula is C35H48N3O10+. The summed E-state index contributed by atoms with van der Waals surface area (Å²) in [6.45, 7) is 3.83. The van der Waals surface area contributed by atoms with Gasteiger partial charge in [0, 0.05) is 54.6 Å². The van der Waals surface area contributed by atoms with Gasteiger partial charge in [-0.3, -0.25) is 0 Å². The molecule has 262 valence electrons. The fourth-order valence-corrected chi connectivity index (χ4v) is 11.0. The summed E-state index contributed by atoms with van der Waals surface area (Å²) < 4.78 is 17.8. The number of aliphatic hydroxyl groups is 6. The third-order valence-electron chi connectivity index (χ3n) is 13.4. The molecule has 13 atom stereocenters. The number of ether oxygens (including phenoxy) is 3. The van der Waals surface area contributed by atoms with Crippen LogP contribution in [0.4, 0.5) is 11.4 Å². The predicted molar refractivity (Wildman–Crippen MR) is 170 cm³/mol. The Morgan fingerprint density at radius 1 is 1.06 bits per heavy atom. The van der Waals surface area contributed by atoms with Gasteiger partial charge in [0.1, 0.15) is 6.61 Å². The van der Waals surface area contributed by atoms with Crippen LogP contribution in [0.3, 0.4) is 0 Å². The molecule has 5 fully saturated rings. The van der Waals surface area contributed by atoms with Gasteiger partial charge < -0.3 is 49.7 Å². The third kappa shape index (κ3) is 4.94. The fraction of sp³-hybridized carbons (Fsp3) is 0.743. The molecule has 7 rings (SSSR count). The van der Waals surface area contributed by atoms with Crippen molar-refractivity contribution in [2.24, 2.45) is 28.6 Å². The molecule has 0 bridgehead atoms. The molecule has 1 aromatic carbocycles. The molecule has 0 amide bonds. The third-order valence-corrected chi connectivity index (χ3v) is 13.4. The largest absolute Gasteiger partial charge is 0.458 e. The average Bonchev–Trinajstić information content (AvgIpc) is 3.54. The van der Waals surface area contributed by atoms with E-state index < -0.39 is 83.3 Å². The second kappa shape index (κ2) is 12.0. The van der Waals surface area contributed by atoms with Gasteiger partial charge in [-0.1, -0.05) is 6.92 Å². The average molecular weight is 671 g/mol. The molecule has 1 aromatic rings. The van der Waals surface area contributed by atoms with Crippen LogP contribution in [0, 0.1) is 34.0 Å². The van der Waals surface area contributed by atoms with Crippen LogP contribution in [0.5, 0.6) is 0 Å². The lowest BCUT2D eigenvalue weighted by Gasteiger charge is -2.68. The SMILES string of the molecule is C[C@@H]1O[C@@H](OC2C[C@@H](O)[C@]3(CO)[C@H]4[C@H](O)C[C@]5(C)C(C6=CC(=O)OC6)CC[C@]5(O)[C@@H]4CC[C@]3(O)C2)CN(c2ccc([N+]#N)cc2)C[C@H]1O. The number of rotatable bonds is 5. The fourth-order valence-electron chi connectivity index (χ4n) is 11.0. The lowest BCUT2D eigenvalue weighted by molar-refractivity contribution is -0.325. The van der Waals surface area contributed by atoms with Crippen molar-refractivity contribution in [1.29, 1.82) is 5.39 Å². The topological polar surface area (TPSA) is 198 Å². The summed E-state index contributed by atoms with van der Waals surface area (Å²) in [4.78, 5) is 17.0. The maximum absolute atomic E-state index is 12.5. The van der Waals surface area contributed by atoms with E-state index in [0.717, 1.165) is 11.3 Å². The Labute approximate surface area is 279 Å². The monoisotopic (exact) mass is 670 g/mol. The number of β-amino-alcohol motifs (C(OH)–C–C–N with tert-alkyl or cyclic N) is 1. The Bertz CT molecular complexity index is 1490. The van der Waals surface area contributed by atoms with Crippen LogP contribution >= 0.6 is 0 Å². The van der Waals surface area contributed by atoms with E-state index in [0.29, 0.717) is 24.9 Å². The number of cyclic esters (lactones) is 1. The lowest BCUT2D eigenvalue weighted by Crippen LogP contribution is -2.76. The van der Waals surface area contributed by atoms with Crippen LogP contribution in [0.2, 0.25) is 0 Å². The molecule has 13 heteroatoms. The van der Waals surface area contributed by atoms with Crippen LogP contribution < -0.4 is 4.90 Å². The number of carbonyl (C=O) groups excluding carboxylic acids is 1. The van der Waals surface area contributed by atoms with Crippen molar-refractivity contribution in [1.82, 2.24) is 0 Å². The van der Waals surface area contributed by atoms with E-state index in [1.807, 2.05) is 11.8 Å². The van der Waals surface area contributed by atoms with Gasteiger partial charge in [0.05, 0.1) is 60.3 Å². The zero-order chi connectivity index (χ0) is 34.2. The van der Waals surface area contributed by atoms with E-state index in [4.69, 9.17) is 19.6 Å². The number of hydrogen-bond acceptors (Lipinski definition) is 12. The van der Waals surface area contributed by atoms with Crippen molar-refractivity contribution in [2.45, 2.75) is 107 Å². The summed E-state index contributed by atoms with van der Waals surface area (Å²) in [5, 5.41) is 79.9. The number of carbonyl (C=O) groups is 1. The Balaban J connectivity index is 1.13. The normalized spacial score (nSPS) is 47.2. The highest BCUT2D eigenvalue weighted by molar-refractivity contribution is 5.85. The molecule has 6 N–H and O–H groups in total. The first-order valence-electron chi connectivity index (χ1n) is 17.3. The van der Waals surface area contributed by atoms with Crippen LogP contribution in [-0.4, -0.2) is 111 Å². The minimum absolute atomic E-state index is 0.0625. The molecule has 1 saturated heterocycles. The van der Waals surface area contributed by atoms with E-state index in [-0.39, 0.29) is 51.3 Å². The van der Waals surface area contributed by atoms with Gasteiger partial charge in [0.15, 0.2) is 11.3 Å². The Morgan fingerprint density at radius 2 is 1.81 bits per heavy atom. The minimum Gasteiger partial charge on any atom is -0.458 e.